The minimum atomic E-state index is -4.63. The summed E-state index contributed by atoms with van der Waals surface area (Å²) in [5.74, 6) is -0.309. The largest absolute Gasteiger partial charge is 0.494 e. The van der Waals surface area contributed by atoms with Crippen molar-refractivity contribution in [3.63, 3.8) is 0 Å². The molecule has 35 heavy (non-hydrogen) atoms. The van der Waals surface area contributed by atoms with Crippen LogP contribution in [0.5, 0.6) is 5.75 Å². The molecule has 0 radical (unpaired) electrons. The molecule has 0 aliphatic heterocycles. The first kappa shape index (κ1) is 24.8. The second-order valence-electron chi connectivity index (χ2n) is 7.33. The van der Waals surface area contributed by atoms with Crippen molar-refractivity contribution in [1.29, 1.82) is 0 Å². The molecule has 4 rings (SSSR count). The van der Waals surface area contributed by atoms with E-state index in [9.17, 15) is 18.0 Å². The molecule has 0 bridgehead atoms. The predicted molar refractivity (Wildman–Crippen MR) is 124 cm³/mol. The molecule has 2 aromatic carbocycles. The molecular weight excluding hydrogens is 508 g/mol. The average Bonchev–Trinajstić information content (AvgIpc) is 3.27. The van der Waals surface area contributed by atoms with Crippen LogP contribution in [0, 0.1) is 0 Å². The smallest absolute Gasteiger partial charge is 0.433 e. The lowest BCUT2D eigenvalue weighted by Crippen LogP contribution is -2.24. The van der Waals surface area contributed by atoms with Crippen LogP contribution in [0.25, 0.3) is 22.4 Å². The van der Waals surface area contributed by atoms with Gasteiger partial charge in [0.2, 0.25) is 5.89 Å². The number of hydrogen-bond donors (Lipinski definition) is 2. The van der Waals surface area contributed by atoms with Crippen LogP contribution in [0.1, 0.15) is 27.5 Å². The summed E-state index contributed by atoms with van der Waals surface area (Å²) >= 11 is 11.9. The molecule has 2 aromatic heterocycles. The summed E-state index contributed by atoms with van der Waals surface area (Å²) in [6.07, 6.45) is -4.63. The van der Waals surface area contributed by atoms with Gasteiger partial charge >= 0.3 is 6.18 Å². The summed E-state index contributed by atoms with van der Waals surface area (Å²) in [5.41, 5.74) is 5.62. The van der Waals surface area contributed by atoms with Crippen molar-refractivity contribution in [1.82, 2.24) is 15.3 Å². The van der Waals surface area contributed by atoms with Crippen molar-refractivity contribution >= 4 is 40.0 Å². The number of nitrogens with one attached hydrogen (secondary N) is 1. The van der Waals surface area contributed by atoms with E-state index in [0.717, 1.165) is 6.07 Å². The Balaban J connectivity index is 1.69. The average molecular weight is 525 g/mol. The number of pyridine rings is 1. The molecule has 0 fully saturated rings. The van der Waals surface area contributed by atoms with E-state index in [2.05, 4.69) is 15.3 Å². The maximum absolute atomic E-state index is 13.2. The summed E-state index contributed by atoms with van der Waals surface area (Å²) < 4.78 is 50.5. The van der Waals surface area contributed by atoms with E-state index in [4.69, 9.17) is 38.1 Å². The van der Waals surface area contributed by atoms with E-state index in [1.54, 1.807) is 24.3 Å². The fourth-order valence-corrected chi connectivity index (χ4v) is 3.72. The van der Waals surface area contributed by atoms with Crippen LogP contribution >= 0.6 is 23.2 Å². The lowest BCUT2D eigenvalue weighted by molar-refractivity contribution is -0.140. The summed E-state index contributed by atoms with van der Waals surface area (Å²) in [6, 6.07) is 10.0. The van der Waals surface area contributed by atoms with E-state index >= 15 is 0 Å². The Kier molecular flexibility index (Phi) is 6.88. The first-order valence-electron chi connectivity index (χ1n) is 10.1. The van der Waals surface area contributed by atoms with Crippen molar-refractivity contribution < 1.29 is 27.1 Å². The molecule has 12 heteroatoms. The van der Waals surface area contributed by atoms with Crippen molar-refractivity contribution in [3.8, 4) is 17.2 Å². The second-order valence-corrected chi connectivity index (χ2v) is 8.15. The SMILES string of the molecule is COc1ccc(-c2nc(C(=O)NCc3ccc(Cl)c(Cl)c3)c(CN)o2)c2ccc(C(F)(F)F)nc12. The van der Waals surface area contributed by atoms with E-state index in [1.165, 1.54) is 19.2 Å². The second kappa shape index (κ2) is 9.73. The monoisotopic (exact) mass is 524 g/mol. The molecule has 4 aromatic rings. The van der Waals surface area contributed by atoms with Gasteiger partial charge in [0.25, 0.3) is 5.91 Å². The van der Waals surface area contributed by atoms with Crippen molar-refractivity contribution in [2.24, 2.45) is 5.73 Å². The fourth-order valence-electron chi connectivity index (χ4n) is 3.40. The number of hydrogen-bond acceptors (Lipinski definition) is 6. The predicted octanol–water partition coefficient (Wildman–Crippen LogP) is 5.61. The third-order valence-corrected chi connectivity index (χ3v) is 5.83. The Labute approximate surface area is 207 Å². The summed E-state index contributed by atoms with van der Waals surface area (Å²) in [5, 5.41) is 3.73. The molecule has 0 atom stereocenters. The van der Waals surface area contributed by atoms with Gasteiger partial charge in [-0.25, -0.2) is 9.97 Å². The molecule has 2 heterocycles. The molecule has 182 valence electrons. The standard InChI is InChI=1S/C23H17Cl2F3N4O3/c1-34-16-6-3-13(12-4-7-18(23(26,27)28)31-19(12)16)22-32-20(17(9-29)35-22)21(33)30-10-11-2-5-14(24)15(25)8-11/h2-8H,9-10,29H2,1H3,(H,30,33). The highest BCUT2D eigenvalue weighted by Gasteiger charge is 2.33. The molecule has 0 unspecified atom stereocenters. The van der Waals surface area contributed by atoms with Crippen molar-refractivity contribution in [3.05, 3.63) is 75.2 Å². The number of halogens is 5. The number of carbonyl (C=O) groups is 1. The Bertz CT molecular complexity index is 1420. The van der Waals surface area contributed by atoms with Crippen LogP contribution < -0.4 is 15.8 Å². The number of alkyl halides is 3. The zero-order chi connectivity index (χ0) is 25.3. The lowest BCUT2D eigenvalue weighted by Gasteiger charge is -2.11. The maximum atomic E-state index is 13.2. The molecule has 0 spiro atoms. The van der Waals surface area contributed by atoms with Gasteiger partial charge in [0.1, 0.15) is 17.0 Å². The van der Waals surface area contributed by atoms with Gasteiger partial charge in [0.05, 0.1) is 23.7 Å². The zero-order valence-electron chi connectivity index (χ0n) is 18.0. The van der Waals surface area contributed by atoms with E-state index < -0.39 is 17.8 Å². The minimum absolute atomic E-state index is 0.000603. The van der Waals surface area contributed by atoms with Gasteiger partial charge < -0.3 is 20.2 Å². The van der Waals surface area contributed by atoms with Crippen LogP contribution in [0.4, 0.5) is 13.2 Å². The third kappa shape index (κ3) is 5.04. The van der Waals surface area contributed by atoms with Crippen LogP contribution in [0.2, 0.25) is 10.0 Å². The number of nitrogens with two attached hydrogens (primary N) is 1. The Morgan fingerprint density at radius 2 is 1.89 bits per heavy atom. The molecule has 0 aliphatic rings. The zero-order valence-corrected chi connectivity index (χ0v) is 19.6. The Morgan fingerprint density at radius 1 is 1.11 bits per heavy atom. The van der Waals surface area contributed by atoms with E-state index in [1.807, 2.05) is 0 Å². The Morgan fingerprint density at radius 3 is 2.54 bits per heavy atom. The molecule has 1 amide bonds. The number of aromatic nitrogens is 2. The van der Waals surface area contributed by atoms with Gasteiger partial charge in [0, 0.05) is 17.5 Å². The minimum Gasteiger partial charge on any atom is -0.494 e. The number of methoxy groups -OCH3 is 1. The lowest BCUT2D eigenvalue weighted by atomic mass is 10.1. The van der Waals surface area contributed by atoms with Crippen LogP contribution in [-0.2, 0) is 19.3 Å². The molecule has 3 N–H and O–H groups in total. The van der Waals surface area contributed by atoms with Gasteiger partial charge in [-0.3, -0.25) is 4.79 Å². The van der Waals surface area contributed by atoms with Crippen LogP contribution in [0.15, 0.2) is 46.9 Å². The quantitative estimate of drug-likeness (QED) is 0.339. The number of fused-ring (bicyclic) bond motifs is 1. The number of ether oxygens (including phenoxy) is 1. The third-order valence-electron chi connectivity index (χ3n) is 5.10. The van der Waals surface area contributed by atoms with E-state index in [0.29, 0.717) is 26.6 Å². The van der Waals surface area contributed by atoms with E-state index in [-0.39, 0.29) is 41.7 Å². The number of benzene rings is 2. The molecular formula is C23H17Cl2F3N4O3. The van der Waals surface area contributed by atoms with Gasteiger partial charge in [-0.2, -0.15) is 13.2 Å². The van der Waals surface area contributed by atoms with Gasteiger partial charge in [-0.05, 0) is 42.0 Å². The topological polar surface area (TPSA) is 103 Å². The number of amides is 1. The highest BCUT2D eigenvalue weighted by atomic mass is 35.5. The van der Waals surface area contributed by atoms with Crippen LogP contribution in [-0.4, -0.2) is 23.0 Å². The highest BCUT2D eigenvalue weighted by molar-refractivity contribution is 6.42. The van der Waals surface area contributed by atoms with Gasteiger partial charge in [0.15, 0.2) is 11.5 Å². The van der Waals surface area contributed by atoms with Crippen LogP contribution in [0.3, 0.4) is 0 Å². The normalized spacial score (nSPS) is 11.6. The van der Waals surface area contributed by atoms with Gasteiger partial charge in [-0.1, -0.05) is 29.3 Å². The fraction of sp³-hybridized carbons (Fsp3) is 0.174. The highest BCUT2D eigenvalue weighted by Crippen LogP contribution is 2.37. The van der Waals surface area contributed by atoms with Gasteiger partial charge in [-0.15, -0.1) is 0 Å². The van der Waals surface area contributed by atoms with Crippen molar-refractivity contribution in [2.75, 3.05) is 7.11 Å². The first-order chi connectivity index (χ1) is 16.6. The maximum Gasteiger partial charge on any atom is 0.433 e. The summed E-state index contributed by atoms with van der Waals surface area (Å²) in [7, 11) is 1.32. The number of rotatable bonds is 6. The molecule has 7 nitrogen and oxygen atoms in total. The summed E-state index contributed by atoms with van der Waals surface area (Å²) in [6.45, 7) is 0.00458. The molecule has 0 saturated carbocycles. The number of nitrogens with zero attached hydrogens (tertiary/aromatic N) is 2. The number of oxazole rings is 1. The molecule has 0 aliphatic carbocycles. The Hall–Kier alpha value is -3.34. The molecule has 0 saturated heterocycles. The first-order valence-corrected chi connectivity index (χ1v) is 10.8. The van der Waals surface area contributed by atoms with Crippen molar-refractivity contribution in [2.45, 2.75) is 19.3 Å². The number of carbonyl (C=O) groups excluding carboxylic acids is 1. The summed E-state index contributed by atoms with van der Waals surface area (Å²) in [4.78, 5) is 20.8.